The van der Waals surface area contributed by atoms with Gasteiger partial charge in [0.05, 0.1) is 20.3 Å². The third-order valence-corrected chi connectivity index (χ3v) is 5.40. The van der Waals surface area contributed by atoms with Crippen LogP contribution in [0.4, 0.5) is 0 Å². The van der Waals surface area contributed by atoms with E-state index >= 15 is 0 Å². The first-order valence-electron chi connectivity index (χ1n) is 9.89. The molecule has 0 bridgehead atoms. The van der Waals surface area contributed by atoms with Gasteiger partial charge in [-0.05, 0) is 46.3 Å². The molecule has 2 amide bonds. The van der Waals surface area contributed by atoms with Gasteiger partial charge in [0.2, 0.25) is 0 Å². The Balaban J connectivity index is 1.42. The number of carbonyl (C=O) groups is 3. The largest absolute Gasteiger partial charge is 0.491 e. The Morgan fingerprint density at radius 1 is 0.969 bits per heavy atom. The summed E-state index contributed by atoms with van der Waals surface area (Å²) in [6, 6.07) is 8.36. The lowest BCUT2D eigenvalue weighted by molar-refractivity contribution is -0.142. The van der Waals surface area contributed by atoms with Crippen LogP contribution >= 0.6 is 0 Å². The van der Waals surface area contributed by atoms with E-state index in [0.29, 0.717) is 10.9 Å². The van der Waals surface area contributed by atoms with Gasteiger partial charge in [0.25, 0.3) is 11.8 Å². The van der Waals surface area contributed by atoms with Crippen molar-refractivity contribution in [2.24, 2.45) is 0 Å². The molecule has 0 spiro atoms. The van der Waals surface area contributed by atoms with Crippen molar-refractivity contribution in [2.75, 3.05) is 13.7 Å². The molecule has 0 radical (unpaired) electrons. The summed E-state index contributed by atoms with van der Waals surface area (Å²) >= 11 is 0. The van der Waals surface area contributed by atoms with E-state index in [-0.39, 0.29) is 30.9 Å². The van der Waals surface area contributed by atoms with Gasteiger partial charge in [-0.25, -0.2) is 4.79 Å². The molecule has 2 aromatic rings. The van der Waals surface area contributed by atoms with Crippen molar-refractivity contribution >= 4 is 42.9 Å². The van der Waals surface area contributed by atoms with Crippen molar-refractivity contribution < 1.29 is 38.5 Å². The lowest BCUT2D eigenvalue weighted by atomic mass is 9.78. The second-order valence-corrected chi connectivity index (χ2v) is 7.41. The summed E-state index contributed by atoms with van der Waals surface area (Å²) in [6.45, 7) is 0.297. The summed E-state index contributed by atoms with van der Waals surface area (Å²) in [6.07, 6.45) is 0. The van der Waals surface area contributed by atoms with E-state index in [1.54, 1.807) is 24.3 Å². The molecule has 0 aliphatic carbocycles. The summed E-state index contributed by atoms with van der Waals surface area (Å²) in [4.78, 5) is 37.4. The monoisotopic (exact) mass is 438 g/mol. The quantitative estimate of drug-likeness (QED) is 0.295. The molecule has 164 valence electrons. The maximum absolute atomic E-state index is 12.7. The molecule has 0 aromatic heterocycles. The van der Waals surface area contributed by atoms with E-state index in [9.17, 15) is 24.4 Å². The second-order valence-electron chi connectivity index (χ2n) is 7.41. The lowest BCUT2D eigenvalue weighted by Crippen LogP contribution is -2.49. The first-order valence-corrected chi connectivity index (χ1v) is 9.89. The number of rotatable bonds is 6. The van der Waals surface area contributed by atoms with E-state index in [4.69, 9.17) is 14.0 Å². The summed E-state index contributed by atoms with van der Waals surface area (Å²) in [5.41, 5.74) is 3.06. The van der Waals surface area contributed by atoms with Crippen LogP contribution in [0.5, 0.6) is 0 Å². The number of amides is 2. The highest BCUT2D eigenvalue weighted by atomic mass is 16.5. The van der Waals surface area contributed by atoms with E-state index in [2.05, 4.69) is 10.6 Å². The summed E-state index contributed by atoms with van der Waals surface area (Å²) < 4.78 is 15.0. The van der Waals surface area contributed by atoms with Gasteiger partial charge < -0.3 is 34.7 Å². The van der Waals surface area contributed by atoms with Crippen LogP contribution in [0.3, 0.4) is 0 Å². The molecule has 12 heteroatoms. The molecule has 32 heavy (non-hydrogen) atoms. The van der Waals surface area contributed by atoms with Gasteiger partial charge in [0, 0.05) is 17.7 Å². The molecule has 10 nitrogen and oxygen atoms in total. The maximum atomic E-state index is 12.7. The van der Waals surface area contributed by atoms with E-state index < -0.39 is 38.1 Å². The van der Waals surface area contributed by atoms with Gasteiger partial charge in [-0.15, -0.1) is 0 Å². The molecule has 0 unspecified atom stereocenters. The highest BCUT2D eigenvalue weighted by Crippen LogP contribution is 2.13. The molecule has 0 saturated carbocycles. The van der Waals surface area contributed by atoms with Gasteiger partial charge in [0.1, 0.15) is 6.04 Å². The fourth-order valence-electron chi connectivity index (χ4n) is 3.59. The Morgan fingerprint density at radius 2 is 1.50 bits per heavy atom. The third kappa shape index (κ3) is 4.39. The summed E-state index contributed by atoms with van der Waals surface area (Å²) in [5.74, 6) is -1.80. The number of esters is 1. The Morgan fingerprint density at radius 3 is 2.03 bits per heavy atom. The van der Waals surface area contributed by atoms with Crippen molar-refractivity contribution in [3.8, 4) is 0 Å². The Kier molecular flexibility index (Phi) is 6.28. The van der Waals surface area contributed by atoms with Crippen molar-refractivity contribution in [3.63, 3.8) is 0 Å². The number of nitrogens with one attached hydrogen (secondary N) is 2. The lowest BCUT2D eigenvalue weighted by Gasteiger charge is -2.17. The van der Waals surface area contributed by atoms with Crippen LogP contribution in [0.15, 0.2) is 36.4 Å². The molecular formula is C20H20B2N2O8. The topological polar surface area (TPSA) is 143 Å². The van der Waals surface area contributed by atoms with E-state index in [1.165, 1.54) is 19.2 Å². The molecule has 2 aromatic carbocycles. The zero-order valence-corrected chi connectivity index (χ0v) is 17.2. The van der Waals surface area contributed by atoms with Crippen molar-refractivity contribution in [3.05, 3.63) is 58.7 Å². The molecule has 0 fully saturated rings. The fraction of sp³-hybridized carbons (Fsp3) is 0.250. The SMILES string of the molecule is COC(=O)[C@H](CNC(=O)c1ccc2c(c1)B(O)OC2)NC(=O)c1ccc2c(c1)B(O)OC2. The zero-order valence-electron chi connectivity index (χ0n) is 17.2. The predicted octanol–water partition coefficient (Wildman–Crippen LogP) is -2.18. The smallest absolute Gasteiger partial charge is 0.467 e. The van der Waals surface area contributed by atoms with Crippen LogP contribution < -0.4 is 21.6 Å². The molecule has 2 aliphatic heterocycles. The summed E-state index contributed by atoms with van der Waals surface area (Å²) in [7, 11) is -1.02. The number of methoxy groups -OCH3 is 1. The molecule has 1 atom stereocenters. The van der Waals surface area contributed by atoms with Crippen molar-refractivity contribution in [1.82, 2.24) is 10.6 Å². The van der Waals surface area contributed by atoms with Crippen LogP contribution in [0.1, 0.15) is 31.8 Å². The average Bonchev–Trinajstić information content (AvgIpc) is 3.37. The second kappa shape index (κ2) is 9.13. The van der Waals surface area contributed by atoms with Gasteiger partial charge in [-0.1, -0.05) is 12.1 Å². The molecular weight excluding hydrogens is 418 g/mol. The first-order chi connectivity index (χ1) is 15.4. The van der Waals surface area contributed by atoms with Crippen LogP contribution in [0.2, 0.25) is 0 Å². The average molecular weight is 438 g/mol. The zero-order chi connectivity index (χ0) is 22.8. The fourth-order valence-corrected chi connectivity index (χ4v) is 3.59. The van der Waals surface area contributed by atoms with E-state index in [0.717, 1.165) is 11.1 Å². The van der Waals surface area contributed by atoms with Crippen molar-refractivity contribution in [2.45, 2.75) is 19.3 Å². The third-order valence-electron chi connectivity index (χ3n) is 5.40. The van der Waals surface area contributed by atoms with E-state index in [1.807, 2.05) is 0 Å². The Bertz CT molecular complexity index is 1080. The van der Waals surface area contributed by atoms with Gasteiger partial charge in [0.15, 0.2) is 0 Å². The first kappa shape index (κ1) is 22.0. The number of hydrogen-bond acceptors (Lipinski definition) is 8. The van der Waals surface area contributed by atoms with Crippen LogP contribution in [-0.4, -0.2) is 61.8 Å². The minimum Gasteiger partial charge on any atom is -0.467 e. The number of hydrogen-bond donors (Lipinski definition) is 4. The van der Waals surface area contributed by atoms with Gasteiger partial charge in [-0.2, -0.15) is 0 Å². The van der Waals surface area contributed by atoms with Gasteiger partial charge in [-0.3, -0.25) is 9.59 Å². The normalized spacial score (nSPS) is 15.1. The minimum atomic E-state index is -1.14. The number of carbonyl (C=O) groups excluding carboxylic acids is 3. The van der Waals surface area contributed by atoms with Crippen molar-refractivity contribution in [1.29, 1.82) is 0 Å². The number of fused-ring (bicyclic) bond motifs is 2. The Labute approximate surface area is 184 Å². The molecule has 2 aliphatic rings. The van der Waals surface area contributed by atoms with Gasteiger partial charge >= 0.3 is 20.2 Å². The highest BCUT2D eigenvalue weighted by Gasteiger charge is 2.30. The summed E-state index contributed by atoms with van der Waals surface area (Å²) in [5, 5.41) is 24.8. The molecule has 4 rings (SSSR count). The number of ether oxygens (including phenoxy) is 1. The minimum absolute atomic E-state index is 0.218. The standard InChI is InChI=1S/C20H20B2N2O8/c1-30-20(27)17(24-19(26)12-3-5-14-10-32-22(29)16(14)7-12)8-23-18(25)11-2-4-13-9-31-21(28)15(13)6-11/h2-7,17,28-29H,8-10H2,1H3,(H,23,25)(H,24,26)/t17-/m0/s1. The highest BCUT2D eigenvalue weighted by molar-refractivity contribution is 6.62. The maximum Gasteiger partial charge on any atom is 0.491 e. The van der Waals surface area contributed by atoms with Crippen LogP contribution in [0.25, 0.3) is 0 Å². The molecule has 4 N–H and O–H groups in total. The predicted molar refractivity (Wildman–Crippen MR) is 113 cm³/mol. The molecule has 0 saturated heterocycles. The molecule has 2 heterocycles. The number of benzene rings is 2. The Hall–Kier alpha value is -3.18. The van der Waals surface area contributed by atoms with Crippen LogP contribution in [0, 0.1) is 0 Å². The van der Waals surface area contributed by atoms with Crippen LogP contribution in [-0.2, 0) is 32.1 Å².